The van der Waals surface area contributed by atoms with Crippen molar-refractivity contribution in [3.63, 3.8) is 0 Å². The molecule has 0 saturated carbocycles. The first-order valence-corrected chi connectivity index (χ1v) is 11.9. The van der Waals surface area contributed by atoms with Crippen molar-refractivity contribution in [1.82, 2.24) is 9.97 Å². The monoisotopic (exact) mass is 509 g/mol. The summed E-state index contributed by atoms with van der Waals surface area (Å²) < 4.78 is 17.1. The summed E-state index contributed by atoms with van der Waals surface area (Å²) in [6, 6.07) is 12.9. The molecule has 35 heavy (non-hydrogen) atoms. The Bertz CT molecular complexity index is 1360. The Kier molecular flexibility index (Phi) is 7.53. The number of nitrogens with zero attached hydrogens (tertiary/aromatic N) is 3. The van der Waals surface area contributed by atoms with Crippen molar-refractivity contribution in [2.75, 3.05) is 26.2 Å². The number of pyridine rings is 1. The zero-order valence-corrected chi connectivity index (χ0v) is 21.3. The molecule has 9 heteroatoms. The fourth-order valence-corrected chi connectivity index (χ4v) is 5.03. The maximum Gasteiger partial charge on any atom is 0.253 e. The maximum absolute atomic E-state index is 13.4. The molecule has 180 valence electrons. The van der Waals surface area contributed by atoms with Gasteiger partial charge in [0.05, 0.1) is 43.8 Å². The first kappa shape index (κ1) is 24.5. The molecule has 2 aromatic carbocycles. The number of halogens is 1. The van der Waals surface area contributed by atoms with Gasteiger partial charge in [-0.25, -0.2) is 4.98 Å². The minimum absolute atomic E-state index is 0.243. The summed E-state index contributed by atoms with van der Waals surface area (Å²) >= 11 is 7.65. The van der Waals surface area contributed by atoms with E-state index in [4.69, 9.17) is 30.8 Å². The van der Waals surface area contributed by atoms with E-state index >= 15 is 0 Å². The van der Waals surface area contributed by atoms with Gasteiger partial charge in [0.15, 0.2) is 16.6 Å². The summed E-state index contributed by atoms with van der Waals surface area (Å²) in [5.74, 6) is 1.25. The number of ether oxygens (including phenoxy) is 3. The van der Waals surface area contributed by atoms with Crippen LogP contribution in [-0.4, -0.2) is 37.2 Å². The van der Waals surface area contributed by atoms with Crippen LogP contribution in [0.1, 0.15) is 16.8 Å². The van der Waals surface area contributed by atoms with Gasteiger partial charge in [-0.05, 0) is 60.5 Å². The van der Waals surface area contributed by atoms with Gasteiger partial charge in [-0.15, -0.1) is 0 Å². The summed E-state index contributed by atoms with van der Waals surface area (Å²) in [6.45, 7) is 2.22. The number of aryl methyl sites for hydroxylation is 1. The van der Waals surface area contributed by atoms with Crippen molar-refractivity contribution in [3.05, 3.63) is 76.6 Å². The molecule has 0 saturated heterocycles. The minimum atomic E-state index is -0.243. The summed E-state index contributed by atoms with van der Waals surface area (Å²) in [5, 5.41) is 1.20. The molecular weight excluding hydrogens is 486 g/mol. The molecule has 0 radical (unpaired) electrons. The third-order valence-electron chi connectivity index (χ3n) is 5.29. The molecule has 0 atom stereocenters. The van der Waals surface area contributed by atoms with Gasteiger partial charge in [0.2, 0.25) is 5.75 Å². The molecule has 0 aliphatic rings. The van der Waals surface area contributed by atoms with Crippen molar-refractivity contribution in [2.45, 2.75) is 13.5 Å². The lowest BCUT2D eigenvalue weighted by atomic mass is 10.1. The highest BCUT2D eigenvalue weighted by atomic mass is 35.5. The number of hydrogen-bond donors (Lipinski definition) is 0. The van der Waals surface area contributed by atoms with Crippen molar-refractivity contribution in [2.24, 2.45) is 0 Å². The molecule has 0 bridgehead atoms. The second-order valence-corrected chi connectivity index (χ2v) is 9.05. The largest absolute Gasteiger partial charge is 0.493 e. The molecule has 4 aromatic rings. The van der Waals surface area contributed by atoms with E-state index in [0.717, 1.165) is 27.0 Å². The van der Waals surface area contributed by atoms with Gasteiger partial charge in [0.25, 0.3) is 5.91 Å². The van der Waals surface area contributed by atoms with Gasteiger partial charge in [-0.2, -0.15) is 0 Å². The molecule has 0 spiro atoms. The van der Waals surface area contributed by atoms with Crippen LogP contribution in [0.25, 0.3) is 16.3 Å². The molecule has 7 nitrogen and oxygen atoms in total. The van der Waals surface area contributed by atoms with Crippen LogP contribution in [0.4, 0.5) is 5.13 Å². The standard InChI is InChI=1S/C26H24ClN3O4S/c1-16-11-18(27)14-22-24(16)29-26(35-22)30(15-19-7-5-6-10-28-19)23(31)9-8-17-12-20(32-2)25(34-4)21(13-17)33-3/h5-14H,15H2,1-4H3/b9-8+. The van der Waals surface area contributed by atoms with E-state index in [1.807, 2.05) is 37.3 Å². The fraction of sp³-hybridized carbons (Fsp3) is 0.192. The van der Waals surface area contributed by atoms with Crippen LogP contribution < -0.4 is 19.1 Å². The zero-order valence-electron chi connectivity index (χ0n) is 19.7. The van der Waals surface area contributed by atoms with E-state index in [2.05, 4.69) is 4.98 Å². The van der Waals surface area contributed by atoms with Crippen LogP contribution in [0, 0.1) is 6.92 Å². The van der Waals surface area contributed by atoms with E-state index in [0.29, 0.717) is 27.4 Å². The van der Waals surface area contributed by atoms with Crippen molar-refractivity contribution < 1.29 is 19.0 Å². The third-order valence-corrected chi connectivity index (χ3v) is 6.53. The minimum Gasteiger partial charge on any atom is -0.493 e. The topological polar surface area (TPSA) is 73.8 Å². The first-order valence-electron chi connectivity index (χ1n) is 10.7. The first-order chi connectivity index (χ1) is 16.9. The summed E-state index contributed by atoms with van der Waals surface area (Å²) in [6.07, 6.45) is 4.90. The number of thiazole rings is 1. The van der Waals surface area contributed by atoms with Gasteiger partial charge in [0, 0.05) is 17.3 Å². The van der Waals surface area contributed by atoms with E-state index in [9.17, 15) is 4.79 Å². The van der Waals surface area contributed by atoms with Gasteiger partial charge in [-0.1, -0.05) is 29.0 Å². The van der Waals surface area contributed by atoms with Crippen LogP contribution in [0.15, 0.2) is 54.7 Å². The molecule has 0 aliphatic heterocycles. The van der Waals surface area contributed by atoms with Crippen LogP contribution in [0.2, 0.25) is 5.02 Å². The highest BCUT2D eigenvalue weighted by molar-refractivity contribution is 7.22. The number of benzene rings is 2. The Balaban J connectivity index is 1.71. The predicted molar refractivity (Wildman–Crippen MR) is 140 cm³/mol. The van der Waals surface area contributed by atoms with E-state index in [-0.39, 0.29) is 12.5 Å². The van der Waals surface area contributed by atoms with E-state index in [1.54, 1.807) is 50.6 Å². The van der Waals surface area contributed by atoms with Crippen LogP contribution in [0.3, 0.4) is 0 Å². The summed E-state index contributed by atoms with van der Waals surface area (Å²) in [4.78, 5) is 24.2. The molecule has 0 N–H and O–H groups in total. The smallest absolute Gasteiger partial charge is 0.253 e. The van der Waals surface area contributed by atoms with Gasteiger partial charge < -0.3 is 14.2 Å². The van der Waals surface area contributed by atoms with Crippen molar-refractivity contribution >= 4 is 50.3 Å². The summed E-state index contributed by atoms with van der Waals surface area (Å²) in [5.41, 5.74) is 3.24. The second-order valence-electron chi connectivity index (χ2n) is 7.60. The molecular formula is C26H24ClN3O4S. The number of aromatic nitrogens is 2. The Hall–Kier alpha value is -3.62. The van der Waals surface area contributed by atoms with Crippen molar-refractivity contribution in [3.8, 4) is 17.2 Å². The average molecular weight is 510 g/mol. The molecule has 1 amide bonds. The van der Waals surface area contributed by atoms with Crippen LogP contribution in [0.5, 0.6) is 17.2 Å². The molecule has 2 heterocycles. The third kappa shape index (κ3) is 5.39. The Labute approximate surface area is 212 Å². The Morgan fingerprint density at radius 3 is 2.46 bits per heavy atom. The number of methoxy groups -OCH3 is 3. The van der Waals surface area contributed by atoms with E-state index < -0.39 is 0 Å². The van der Waals surface area contributed by atoms with E-state index in [1.165, 1.54) is 17.4 Å². The molecule has 0 fully saturated rings. The molecule has 0 unspecified atom stereocenters. The quantitative estimate of drug-likeness (QED) is 0.274. The lowest BCUT2D eigenvalue weighted by molar-refractivity contribution is -0.114. The molecule has 4 rings (SSSR count). The normalized spacial score (nSPS) is 11.1. The SMILES string of the molecule is COc1cc(/C=C/C(=O)N(Cc2ccccn2)c2nc3c(C)cc(Cl)cc3s2)cc(OC)c1OC. The Morgan fingerprint density at radius 2 is 1.83 bits per heavy atom. The number of fused-ring (bicyclic) bond motifs is 1. The Morgan fingerprint density at radius 1 is 1.09 bits per heavy atom. The van der Waals surface area contributed by atoms with Gasteiger partial charge >= 0.3 is 0 Å². The highest BCUT2D eigenvalue weighted by Gasteiger charge is 2.20. The fourth-order valence-electron chi connectivity index (χ4n) is 3.61. The van der Waals surface area contributed by atoms with Crippen LogP contribution in [-0.2, 0) is 11.3 Å². The van der Waals surface area contributed by atoms with Gasteiger partial charge in [-0.3, -0.25) is 14.7 Å². The van der Waals surface area contributed by atoms with Gasteiger partial charge in [0.1, 0.15) is 0 Å². The number of carbonyl (C=O) groups is 1. The lowest BCUT2D eigenvalue weighted by Gasteiger charge is -2.18. The second kappa shape index (κ2) is 10.8. The number of anilines is 1. The number of carbonyl (C=O) groups excluding carboxylic acids is 1. The molecule has 2 aromatic heterocycles. The van der Waals surface area contributed by atoms with Crippen molar-refractivity contribution in [1.29, 1.82) is 0 Å². The lowest BCUT2D eigenvalue weighted by Crippen LogP contribution is -2.29. The maximum atomic E-state index is 13.4. The van der Waals surface area contributed by atoms with Crippen LogP contribution >= 0.6 is 22.9 Å². The highest BCUT2D eigenvalue weighted by Crippen LogP contribution is 2.39. The summed E-state index contributed by atoms with van der Waals surface area (Å²) in [7, 11) is 4.64. The number of amides is 1. The molecule has 0 aliphatic carbocycles. The number of rotatable bonds is 8. The predicted octanol–water partition coefficient (Wildman–Crippen LogP) is 5.93. The zero-order chi connectivity index (χ0) is 24.9. The average Bonchev–Trinajstić information content (AvgIpc) is 3.29. The number of hydrogen-bond acceptors (Lipinski definition) is 7.